The molecular formula is C15H17NO3. The maximum Gasteiger partial charge on any atom is 0.336 e. The molecule has 1 aromatic carbocycles. The van der Waals surface area contributed by atoms with Crippen LogP contribution in [-0.2, 0) is 11.2 Å². The van der Waals surface area contributed by atoms with E-state index >= 15 is 0 Å². The molecule has 0 atom stereocenters. The predicted molar refractivity (Wildman–Crippen MR) is 74.2 cm³/mol. The maximum atomic E-state index is 11.8. The van der Waals surface area contributed by atoms with E-state index in [2.05, 4.69) is 5.32 Å². The molecule has 19 heavy (non-hydrogen) atoms. The predicted octanol–water partition coefficient (Wildman–Crippen LogP) is 2.17. The number of nitrogens with one attached hydrogen (secondary N) is 1. The summed E-state index contributed by atoms with van der Waals surface area (Å²) in [6, 6.07) is 7.09. The summed E-state index contributed by atoms with van der Waals surface area (Å²) in [5, 5.41) is 3.62. The summed E-state index contributed by atoms with van der Waals surface area (Å²) in [4.78, 5) is 23.3. The molecular weight excluding hydrogens is 242 g/mol. The van der Waals surface area contributed by atoms with Crippen molar-refractivity contribution in [3.63, 3.8) is 0 Å². The number of hydrogen-bond donors (Lipinski definition) is 1. The molecule has 0 radical (unpaired) electrons. The Balaban J connectivity index is 2.42. The normalized spacial score (nSPS) is 10.9. The second-order valence-electron chi connectivity index (χ2n) is 4.99. The molecule has 0 aliphatic rings. The van der Waals surface area contributed by atoms with E-state index in [1.165, 1.54) is 6.07 Å². The van der Waals surface area contributed by atoms with E-state index in [9.17, 15) is 9.59 Å². The Hall–Kier alpha value is -2.10. The van der Waals surface area contributed by atoms with Crippen molar-refractivity contribution in [1.82, 2.24) is 5.32 Å². The number of hydrogen-bond acceptors (Lipinski definition) is 3. The van der Waals surface area contributed by atoms with Gasteiger partial charge in [0.15, 0.2) is 0 Å². The SMILES string of the molecule is Cc1ccc2c(CC(=O)NC(C)C)cc(=O)oc2c1. The fourth-order valence-electron chi connectivity index (χ4n) is 2.03. The van der Waals surface area contributed by atoms with Crippen LogP contribution in [-0.4, -0.2) is 11.9 Å². The average Bonchev–Trinajstić information content (AvgIpc) is 2.26. The first-order chi connectivity index (χ1) is 8.95. The fourth-order valence-corrected chi connectivity index (χ4v) is 2.03. The third-order valence-electron chi connectivity index (χ3n) is 2.79. The molecule has 0 saturated heterocycles. The zero-order valence-electron chi connectivity index (χ0n) is 11.3. The molecule has 0 saturated carbocycles. The van der Waals surface area contributed by atoms with Gasteiger partial charge < -0.3 is 9.73 Å². The average molecular weight is 259 g/mol. The van der Waals surface area contributed by atoms with Crippen molar-refractivity contribution >= 4 is 16.9 Å². The standard InChI is InChI=1S/C15H17NO3/c1-9(2)16-14(17)7-11-8-15(18)19-13-6-10(3)4-5-12(11)13/h4-6,8-9H,7H2,1-3H3,(H,16,17). The lowest BCUT2D eigenvalue weighted by Crippen LogP contribution is -2.31. The van der Waals surface area contributed by atoms with E-state index < -0.39 is 5.63 Å². The monoisotopic (exact) mass is 259 g/mol. The zero-order valence-corrected chi connectivity index (χ0v) is 11.3. The molecule has 4 nitrogen and oxygen atoms in total. The van der Waals surface area contributed by atoms with Gasteiger partial charge in [-0.15, -0.1) is 0 Å². The Bertz CT molecular complexity index is 671. The number of amides is 1. The number of aryl methyl sites for hydroxylation is 1. The number of benzene rings is 1. The lowest BCUT2D eigenvalue weighted by atomic mass is 10.1. The highest BCUT2D eigenvalue weighted by molar-refractivity contribution is 5.87. The minimum Gasteiger partial charge on any atom is -0.423 e. The van der Waals surface area contributed by atoms with Gasteiger partial charge in [0.25, 0.3) is 0 Å². The van der Waals surface area contributed by atoms with Gasteiger partial charge >= 0.3 is 5.63 Å². The number of fused-ring (bicyclic) bond motifs is 1. The van der Waals surface area contributed by atoms with Gasteiger partial charge in [-0.05, 0) is 38.0 Å². The van der Waals surface area contributed by atoms with Crippen LogP contribution >= 0.6 is 0 Å². The van der Waals surface area contributed by atoms with Crippen molar-refractivity contribution in [2.75, 3.05) is 0 Å². The largest absolute Gasteiger partial charge is 0.423 e. The van der Waals surface area contributed by atoms with Crippen LogP contribution in [0.15, 0.2) is 33.5 Å². The molecule has 2 rings (SSSR count). The molecule has 0 aliphatic heterocycles. The second-order valence-corrected chi connectivity index (χ2v) is 4.99. The zero-order chi connectivity index (χ0) is 14.0. The minimum absolute atomic E-state index is 0.0844. The summed E-state index contributed by atoms with van der Waals surface area (Å²) in [7, 11) is 0. The van der Waals surface area contributed by atoms with E-state index in [0.717, 1.165) is 10.9 Å². The Kier molecular flexibility index (Phi) is 3.69. The first kappa shape index (κ1) is 13.3. The van der Waals surface area contributed by atoms with Gasteiger partial charge in [-0.2, -0.15) is 0 Å². The molecule has 0 bridgehead atoms. The lowest BCUT2D eigenvalue weighted by Gasteiger charge is -2.09. The molecule has 1 aromatic heterocycles. The van der Waals surface area contributed by atoms with E-state index in [0.29, 0.717) is 11.1 Å². The van der Waals surface area contributed by atoms with Gasteiger partial charge in [-0.3, -0.25) is 4.79 Å². The maximum absolute atomic E-state index is 11.8. The van der Waals surface area contributed by atoms with Gasteiger partial charge in [0.2, 0.25) is 5.91 Å². The van der Waals surface area contributed by atoms with Crippen LogP contribution in [0.4, 0.5) is 0 Å². The molecule has 1 N–H and O–H groups in total. The van der Waals surface area contributed by atoms with Crippen LogP contribution in [0.3, 0.4) is 0 Å². The van der Waals surface area contributed by atoms with E-state index in [-0.39, 0.29) is 18.4 Å². The van der Waals surface area contributed by atoms with Crippen LogP contribution in [0.25, 0.3) is 11.0 Å². The summed E-state index contributed by atoms with van der Waals surface area (Å²) < 4.78 is 5.16. The summed E-state index contributed by atoms with van der Waals surface area (Å²) in [6.45, 7) is 5.73. The van der Waals surface area contributed by atoms with Gasteiger partial charge in [0, 0.05) is 17.5 Å². The second kappa shape index (κ2) is 5.26. The van der Waals surface area contributed by atoms with E-state index in [1.54, 1.807) is 6.07 Å². The quantitative estimate of drug-likeness (QED) is 0.859. The van der Waals surface area contributed by atoms with E-state index in [1.807, 2.05) is 32.9 Å². The van der Waals surface area contributed by atoms with Crippen molar-refractivity contribution in [3.8, 4) is 0 Å². The summed E-state index contributed by atoms with van der Waals surface area (Å²) in [5.41, 5.74) is 1.81. The Morgan fingerprint density at radius 3 is 2.74 bits per heavy atom. The summed E-state index contributed by atoms with van der Waals surface area (Å²) >= 11 is 0. The van der Waals surface area contributed by atoms with E-state index in [4.69, 9.17) is 4.42 Å². The van der Waals surface area contributed by atoms with Gasteiger partial charge in [-0.25, -0.2) is 4.79 Å². The van der Waals surface area contributed by atoms with Gasteiger partial charge in [0.05, 0.1) is 6.42 Å². The van der Waals surface area contributed by atoms with Crippen molar-refractivity contribution in [2.45, 2.75) is 33.2 Å². The van der Waals surface area contributed by atoms with Crippen LogP contribution < -0.4 is 10.9 Å². The van der Waals surface area contributed by atoms with Crippen LogP contribution in [0, 0.1) is 6.92 Å². The molecule has 0 fully saturated rings. The Morgan fingerprint density at radius 2 is 2.05 bits per heavy atom. The molecule has 1 heterocycles. The van der Waals surface area contributed by atoms with Crippen molar-refractivity contribution < 1.29 is 9.21 Å². The third kappa shape index (κ3) is 3.22. The van der Waals surface area contributed by atoms with Crippen molar-refractivity contribution in [1.29, 1.82) is 0 Å². The minimum atomic E-state index is -0.426. The first-order valence-electron chi connectivity index (χ1n) is 6.28. The molecule has 4 heteroatoms. The molecule has 0 aliphatic carbocycles. The molecule has 0 unspecified atom stereocenters. The van der Waals surface area contributed by atoms with Crippen molar-refractivity contribution in [3.05, 3.63) is 45.8 Å². The fraction of sp³-hybridized carbons (Fsp3) is 0.333. The highest BCUT2D eigenvalue weighted by atomic mass is 16.4. The van der Waals surface area contributed by atoms with Crippen LogP contribution in [0.2, 0.25) is 0 Å². The van der Waals surface area contributed by atoms with Crippen molar-refractivity contribution in [2.24, 2.45) is 0 Å². The molecule has 2 aromatic rings. The highest BCUT2D eigenvalue weighted by Crippen LogP contribution is 2.18. The first-order valence-corrected chi connectivity index (χ1v) is 6.28. The molecule has 1 amide bonds. The third-order valence-corrected chi connectivity index (χ3v) is 2.79. The lowest BCUT2D eigenvalue weighted by molar-refractivity contribution is -0.120. The van der Waals surface area contributed by atoms with Crippen LogP contribution in [0.5, 0.6) is 0 Å². The smallest absolute Gasteiger partial charge is 0.336 e. The number of carbonyl (C=O) groups excluding carboxylic acids is 1. The molecule has 0 spiro atoms. The van der Waals surface area contributed by atoms with Crippen LogP contribution in [0.1, 0.15) is 25.0 Å². The van der Waals surface area contributed by atoms with Gasteiger partial charge in [-0.1, -0.05) is 12.1 Å². The van der Waals surface area contributed by atoms with Gasteiger partial charge in [0.1, 0.15) is 5.58 Å². The number of rotatable bonds is 3. The molecule has 100 valence electrons. The summed E-state index contributed by atoms with van der Waals surface area (Å²) in [6.07, 6.45) is 0.184. The highest BCUT2D eigenvalue weighted by Gasteiger charge is 2.10. The number of carbonyl (C=O) groups is 1. The Morgan fingerprint density at radius 1 is 1.32 bits per heavy atom. The topological polar surface area (TPSA) is 59.3 Å². The summed E-state index contributed by atoms with van der Waals surface area (Å²) in [5.74, 6) is -0.0949. The Labute approximate surface area is 111 Å².